The number of carbonyl (C=O) groups excluding carboxylic acids is 2. The number of likely N-dealkylation sites (N-methyl/N-ethyl adjacent to an activating group) is 1. The van der Waals surface area contributed by atoms with Gasteiger partial charge >= 0.3 is 0 Å². The van der Waals surface area contributed by atoms with Crippen molar-refractivity contribution in [3.05, 3.63) is 57.8 Å². The van der Waals surface area contributed by atoms with Crippen molar-refractivity contribution in [3.63, 3.8) is 0 Å². The molecule has 0 spiro atoms. The molecule has 1 aromatic heterocycles. The quantitative estimate of drug-likeness (QED) is 0.674. The second-order valence-electron chi connectivity index (χ2n) is 7.32. The third-order valence-corrected chi connectivity index (χ3v) is 6.47. The summed E-state index contributed by atoms with van der Waals surface area (Å²) in [5.41, 5.74) is 1.39. The lowest BCUT2D eigenvalue weighted by atomic mass is 10.0. The Hall–Kier alpha value is -1.98. The summed E-state index contributed by atoms with van der Waals surface area (Å²) in [6.07, 6.45) is 4.40. The zero-order valence-corrected chi connectivity index (χ0v) is 17.0. The summed E-state index contributed by atoms with van der Waals surface area (Å²) in [6.45, 7) is 4.65. The van der Waals surface area contributed by atoms with Crippen molar-refractivity contribution in [1.29, 1.82) is 0 Å². The summed E-state index contributed by atoms with van der Waals surface area (Å²) in [4.78, 5) is 29.9. The average molecular weight is 385 g/mol. The number of likely N-dealkylation sites (tertiary alicyclic amines) is 1. The first-order chi connectivity index (χ1) is 13.0. The van der Waals surface area contributed by atoms with Crippen molar-refractivity contribution in [3.8, 4) is 0 Å². The van der Waals surface area contributed by atoms with Crippen molar-refractivity contribution >= 4 is 23.0 Å². The van der Waals surface area contributed by atoms with Gasteiger partial charge in [-0.2, -0.15) is 0 Å². The lowest BCUT2D eigenvalue weighted by molar-refractivity contribution is 0.0621. The summed E-state index contributed by atoms with van der Waals surface area (Å²) < 4.78 is 0. The van der Waals surface area contributed by atoms with E-state index in [9.17, 15) is 9.59 Å². The van der Waals surface area contributed by atoms with Crippen LogP contribution >= 0.6 is 11.3 Å². The molecule has 0 saturated carbocycles. The molecule has 4 nitrogen and oxygen atoms in total. The number of rotatable bonds is 7. The van der Waals surface area contributed by atoms with Gasteiger partial charge in [0.15, 0.2) is 5.78 Å². The molecule has 0 radical (unpaired) electrons. The number of amides is 1. The van der Waals surface area contributed by atoms with Crippen LogP contribution < -0.4 is 0 Å². The van der Waals surface area contributed by atoms with Crippen LogP contribution in [-0.2, 0) is 6.42 Å². The minimum atomic E-state index is 0.0176. The number of hydrogen-bond acceptors (Lipinski definition) is 4. The molecule has 27 heavy (non-hydrogen) atoms. The Morgan fingerprint density at radius 3 is 2.59 bits per heavy atom. The van der Waals surface area contributed by atoms with Gasteiger partial charge in [0.25, 0.3) is 5.91 Å². The number of aryl methyl sites for hydroxylation is 1. The van der Waals surface area contributed by atoms with E-state index in [4.69, 9.17) is 0 Å². The fourth-order valence-electron chi connectivity index (χ4n) is 3.68. The van der Waals surface area contributed by atoms with Crippen molar-refractivity contribution in [2.75, 3.05) is 26.7 Å². The highest BCUT2D eigenvalue weighted by Gasteiger charge is 2.27. The van der Waals surface area contributed by atoms with E-state index < -0.39 is 0 Å². The first-order valence-corrected chi connectivity index (χ1v) is 10.5. The van der Waals surface area contributed by atoms with Crippen LogP contribution in [0, 0.1) is 0 Å². The third kappa shape index (κ3) is 5.27. The van der Waals surface area contributed by atoms with E-state index in [-0.39, 0.29) is 17.7 Å². The van der Waals surface area contributed by atoms with E-state index in [1.807, 2.05) is 11.9 Å². The summed E-state index contributed by atoms with van der Waals surface area (Å²) in [5, 5.41) is 0. The zero-order valence-electron chi connectivity index (χ0n) is 16.2. The smallest absolute Gasteiger partial charge is 0.263 e. The lowest BCUT2D eigenvalue weighted by Gasteiger charge is -2.37. The van der Waals surface area contributed by atoms with E-state index in [1.54, 1.807) is 12.1 Å². The largest absolute Gasteiger partial charge is 0.337 e. The molecular weight excluding hydrogens is 356 g/mol. The molecule has 0 unspecified atom stereocenters. The van der Waals surface area contributed by atoms with Crippen LogP contribution in [0.15, 0.2) is 42.5 Å². The number of carbonyl (C=O) groups is 2. The van der Waals surface area contributed by atoms with Gasteiger partial charge in [-0.15, -0.1) is 11.3 Å². The first kappa shape index (κ1) is 19.8. The van der Waals surface area contributed by atoms with Crippen molar-refractivity contribution in [2.24, 2.45) is 0 Å². The highest BCUT2D eigenvalue weighted by Crippen LogP contribution is 2.22. The molecule has 1 aromatic carbocycles. The third-order valence-electron chi connectivity index (χ3n) is 5.30. The zero-order chi connectivity index (χ0) is 19.2. The monoisotopic (exact) mass is 384 g/mol. The maximum Gasteiger partial charge on any atom is 0.263 e. The Labute approximate surface area is 165 Å². The van der Waals surface area contributed by atoms with Gasteiger partial charge in [-0.3, -0.25) is 9.59 Å². The standard InChI is InChI=1S/C22H28N2O2S/c1-17(25)20-12-13-21(27-20)22(26)23(2)19-11-7-15-24(16-19)14-6-10-18-8-4-3-5-9-18/h3-5,8-9,12-13,19H,6-7,10-11,14-16H2,1-2H3/t19-/m1/s1. The van der Waals surface area contributed by atoms with Gasteiger partial charge < -0.3 is 9.80 Å². The van der Waals surface area contributed by atoms with E-state index in [0.717, 1.165) is 45.3 Å². The van der Waals surface area contributed by atoms with Gasteiger partial charge in [-0.1, -0.05) is 30.3 Å². The summed E-state index contributed by atoms with van der Waals surface area (Å²) in [6, 6.07) is 14.4. The molecule has 144 valence electrons. The number of piperidine rings is 1. The molecule has 1 fully saturated rings. The highest BCUT2D eigenvalue weighted by molar-refractivity contribution is 7.15. The van der Waals surface area contributed by atoms with Gasteiger partial charge in [0.2, 0.25) is 0 Å². The molecular formula is C22H28N2O2S. The topological polar surface area (TPSA) is 40.6 Å². The number of nitrogens with zero attached hydrogens (tertiary/aromatic N) is 2. The van der Waals surface area contributed by atoms with Crippen LogP contribution in [0.1, 0.15) is 51.1 Å². The van der Waals surface area contributed by atoms with E-state index >= 15 is 0 Å². The number of Topliss-reactive ketones (excluding diaryl/α,β-unsaturated/α-hetero) is 1. The SMILES string of the molecule is CC(=O)c1ccc(C(=O)N(C)[C@@H]2CCCN(CCCc3ccccc3)C2)s1. The maximum absolute atomic E-state index is 12.8. The second-order valence-corrected chi connectivity index (χ2v) is 8.41. The fourth-order valence-corrected chi connectivity index (χ4v) is 4.57. The molecule has 1 aliphatic heterocycles. The molecule has 0 bridgehead atoms. The summed E-state index contributed by atoms with van der Waals surface area (Å²) in [5.74, 6) is 0.0487. The van der Waals surface area contributed by atoms with Gasteiger partial charge in [0.1, 0.15) is 0 Å². The minimum Gasteiger partial charge on any atom is -0.337 e. The molecule has 5 heteroatoms. The van der Waals surface area contributed by atoms with Crippen LogP contribution in [-0.4, -0.2) is 54.2 Å². The molecule has 0 aliphatic carbocycles. The van der Waals surface area contributed by atoms with Crippen LogP contribution in [0.5, 0.6) is 0 Å². The Balaban J connectivity index is 1.51. The Morgan fingerprint density at radius 1 is 1.15 bits per heavy atom. The number of ketones is 1. The molecule has 1 atom stereocenters. The fraction of sp³-hybridized carbons (Fsp3) is 0.455. The lowest BCUT2D eigenvalue weighted by Crippen LogP contribution is -2.48. The molecule has 2 aromatic rings. The number of thiophene rings is 1. The van der Waals surface area contributed by atoms with Crippen LogP contribution in [0.3, 0.4) is 0 Å². The van der Waals surface area contributed by atoms with Gasteiger partial charge in [0, 0.05) is 19.6 Å². The Morgan fingerprint density at radius 2 is 1.89 bits per heavy atom. The molecule has 0 N–H and O–H groups in total. The van der Waals surface area contributed by atoms with Crippen LogP contribution in [0.25, 0.3) is 0 Å². The highest BCUT2D eigenvalue weighted by atomic mass is 32.1. The summed E-state index contributed by atoms with van der Waals surface area (Å²) >= 11 is 1.30. The van der Waals surface area contributed by atoms with Crippen molar-refractivity contribution in [1.82, 2.24) is 9.80 Å². The van der Waals surface area contributed by atoms with Gasteiger partial charge in [-0.05, 0) is 63.4 Å². The second kappa shape index (κ2) is 9.29. The average Bonchev–Trinajstić information content (AvgIpc) is 3.18. The molecule has 3 rings (SSSR count). The molecule has 1 amide bonds. The predicted octanol–water partition coefficient (Wildman–Crippen LogP) is 4.12. The van der Waals surface area contributed by atoms with Gasteiger partial charge in [0.05, 0.1) is 9.75 Å². The molecule has 2 heterocycles. The molecule has 1 aliphatic rings. The normalized spacial score (nSPS) is 17.6. The number of hydrogen-bond donors (Lipinski definition) is 0. The van der Waals surface area contributed by atoms with E-state index in [2.05, 4.69) is 35.2 Å². The van der Waals surface area contributed by atoms with E-state index in [0.29, 0.717) is 9.75 Å². The van der Waals surface area contributed by atoms with Crippen molar-refractivity contribution < 1.29 is 9.59 Å². The maximum atomic E-state index is 12.8. The van der Waals surface area contributed by atoms with Crippen LogP contribution in [0.2, 0.25) is 0 Å². The Bertz CT molecular complexity index is 772. The van der Waals surface area contributed by atoms with E-state index in [1.165, 1.54) is 23.8 Å². The first-order valence-electron chi connectivity index (χ1n) is 9.69. The predicted molar refractivity (Wildman–Crippen MR) is 111 cm³/mol. The number of benzene rings is 1. The summed E-state index contributed by atoms with van der Waals surface area (Å²) in [7, 11) is 1.90. The van der Waals surface area contributed by atoms with Gasteiger partial charge in [-0.25, -0.2) is 0 Å². The van der Waals surface area contributed by atoms with Crippen LogP contribution in [0.4, 0.5) is 0 Å². The van der Waals surface area contributed by atoms with Crippen molar-refractivity contribution in [2.45, 2.75) is 38.6 Å². The molecule has 1 saturated heterocycles. The minimum absolute atomic E-state index is 0.0176. The Kier molecular flexibility index (Phi) is 6.80.